The molecule has 2 aromatic rings. The van der Waals surface area contributed by atoms with E-state index >= 15 is 0 Å². The summed E-state index contributed by atoms with van der Waals surface area (Å²) in [6.07, 6.45) is 0. The molecule has 0 aliphatic rings. The van der Waals surface area contributed by atoms with Crippen LogP contribution in [0.25, 0.3) is 0 Å². The van der Waals surface area contributed by atoms with Gasteiger partial charge in [-0.15, -0.1) is 0 Å². The van der Waals surface area contributed by atoms with Gasteiger partial charge in [-0.05, 0) is 64.8 Å². The van der Waals surface area contributed by atoms with E-state index in [1.165, 1.54) is 0 Å². The first-order valence-electron chi connectivity index (χ1n) is 5.14. The average molecular weight is 312 g/mol. The molecule has 2 aromatic carbocycles. The van der Waals surface area contributed by atoms with Gasteiger partial charge in [0.25, 0.3) is 0 Å². The highest BCUT2D eigenvalue weighted by molar-refractivity contribution is 9.10. The van der Waals surface area contributed by atoms with Crippen molar-refractivity contribution in [2.75, 3.05) is 11.1 Å². The van der Waals surface area contributed by atoms with Crippen LogP contribution in [-0.4, -0.2) is 0 Å². The number of hydrogen-bond acceptors (Lipinski definition) is 2. The van der Waals surface area contributed by atoms with Crippen LogP contribution in [-0.2, 0) is 0 Å². The smallest absolute Gasteiger partial charge is 0.0549 e. The van der Waals surface area contributed by atoms with Gasteiger partial charge in [0.1, 0.15) is 0 Å². The highest BCUT2D eigenvalue weighted by atomic mass is 79.9. The molecule has 0 spiro atoms. The minimum absolute atomic E-state index is 0.694. The molecule has 0 heterocycles. The van der Waals surface area contributed by atoms with E-state index in [4.69, 9.17) is 17.3 Å². The van der Waals surface area contributed by atoms with Gasteiger partial charge in [-0.2, -0.15) is 0 Å². The Morgan fingerprint density at radius 3 is 2.53 bits per heavy atom. The fourth-order valence-electron chi connectivity index (χ4n) is 1.63. The largest absolute Gasteiger partial charge is 0.399 e. The van der Waals surface area contributed by atoms with E-state index in [1.807, 2.05) is 43.3 Å². The molecule has 3 N–H and O–H groups in total. The number of benzene rings is 2. The maximum absolute atomic E-state index is 5.94. The van der Waals surface area contributed by atoms with Crippen LogP contribution in [0.4, 0.5) is 17.1 Å². The van der Waals surface area contributed by atoms with Gasteiger partial charge in [0.2, 0.25) is 0 Å². The Bertz CT molecular complexity index is 535. The maximum atomic E-state index is 5.94. The standard InChI is InChI=1S/C13H12BrClN2/c1-8-4-9(16)6-11(5-8)17-10-2-3-13(15)12(14)7-10/h2-7,17H,16H2,1H3. The summed E-state index contributed by atoms with van der Waals surface area (Å²) in [5.74, 6) is 0. The third kappa shape index (κ3) is 3.14. The van der Waals surface area contributed by atoms with Gasteiger partial charge in [-0.1, -0.05) is 11.6 Å². The number of nitrogens with two attached hydrogens (primary N) is 1. The van der Waals surface area contributed by atoms with Crippen LogP contribution >= 0.6 is 27.5 Å². The zero-order valence-corrected chi connectivity index (χ0v) is 11.6. The summed E-state index contributed by atoms with van der Waals surface area (Å²) in [6, 6.07) is 11.6. The summed E-state index contributed by atoms with van der Waals surface area (Å²) in [6.45, 7) is 2.01. The van der Waals surface area contributed by atoms with Crippen molar-refractivity contribution in [2.45, 2.75) is 6.92 Å². The molecule has 2 nitrogen and oxygen atoms in total. The molecular weight excluding hydrogens is 300 g/mol. The second-order valence-electron chi connectivity index (χ2n) is 3.89. The molecule has 0 fully saturated rings. The third-order valence-corrected chi connectivity index (χ3v) is 3.52. The first kappa shape index (κ1) is 12.3. The maximum Gasteiger partial charge on any atom is 0.0549 e. The molecule has 0 atom stereocenters. The van der Waals surface area contributed by atoms with Crippen LogP contribution in [0.5, 0.6) is 0 Å². The summed E-state index contributed by atoms with van der Waals surface area (Å²) in [5.41, 5.74) is 9.61. The fraction of sp³-hybridized carbons (Fsp3) is 0.0769. The summed E-state index contributed by atoms with van der Waals surface area (Å²) in [5, 5.41) is 3.98. The monoisotopic (exact) mass is 310 g/mol. The van der Waals surface area contributed by atoms with Gasteiger partial charge in [0.15, 0.2) is 0 Å². The van der Waals surface area contributed by atoms with Crippen molar-refractivity contribution < 1.29 is 0 Å². The highest BCUT2D eigenvalue weighted by Crippen LogP contribution is 2.28. The number of anilines is 3. The van der Waals surface area contributed by atoms with Crippen molar-refractivity contribution in [3.63, 3.8) is 0 Å². The first-order chi connectivity index (χ1) is 8.04. The molecule has 17 heavy (non-hydrogen) atoms. The minimum atomic E-state index is 0.694. The van der Waals surface area contributed by atoms with Gasteiger partial charge < -0.3 is 11.1 Å². The normalized spacial score (nSPS) is 10.3. The van der Waals surface area contributed by atoms with E-state index in [9.17, 15) is 0 Å². The molecule has 0 radical (unpaired) electrons. The molecule has 88 valence electrons. The Labute approximate surface area is 114 Å². The van der Waals surface area contributed by atoms with Crippen molar-refractivity contribution >= 4 is 44.6 Å². The zero-order valence-electron chi connectivity index (χ0n) is 9.30. The lowest BCUT2D eigenvalue weighted by molar-refractivity contribution is 1.45. The summed E-state index contributed by atoms with van der Waals surface area (Å²) < 4.78 is 0.866. The van der Waals surface area contributed by atoms with E-state index in [0.717, 1.165) is 27.1 Å². The van der Waals surface area contributed by atoms with Crippen molar-refractivity contribution in [1.29, 1.82) is 0 Å². The first-order valence-corrected chi connectivity index (χ1v) is 6.31. The minimum Gasteiger partial charge on any atom is -0.399 e. The number of nitrogen functional groups attached to an aromatic ring is 1. The fourth-order valence-corrected chi connectivity index (χ4v) is 2.12. The Kier molecular flexibility index (Phi) is 3.60. The van der Waals surface area contributed by atoms with Crippen LogP contribution in [0.3, 0.4) is 0 Å². The molecule has 0 aliphatic carbocycles. The zero-order chi connectivity index (χ0) is 12.4. The number of hydrogen-bond donors (Lipinski definition) is 2. The predicted molar refractivity (Wildman–Crippen MR) is 78.0 cm³/mol. The lowest BCUT2D eigenvalue weighted by Crippen LogP contribution is -1.93. The second-order valence-corrected chi connectivity index (χ2v) is 5.15. The van der Waals surface area contributed by atoms with Crippen molar-refractivity contribution in [3.05, 3.63) is 51.5 Å². The summed E-state index contributed by atoms with van der Waals surface area (Å²) >= 11 is 9.33. The van der Waals surface area contributed by atoms with Gasteiger partial charge in [0, 0.05) is 21.5 Å². The quantitative estimate of drug-likeness (QED) is 0.786. The number of nitrogens with one attached hydrogen (secondary N) is 1. The molecule has 0 saturated heterocycles. The molecule has 0 bridgehead atoms. The predicted octanol–water partition coefficient (Wildman–Crippen LogP) is 4.74. The van der Waals surface area contributed by atoms with Crippen LogP contribution in [0, 0.1) is 6.92 Å². The number of halogens is 2. The lowest BCUT2D eigenvalue weighted by atomic mass is 10.2. The van der Waals surface area contributed by atoms with Crippen molar-refractivity contribution in [3.8, 4) is 0 Å². The van der Waals surface area contributed by atoms with Gasteiger partial charge >= 0.3 is 0 Å². The van der Waals surface area contributed by atoms with Crippen LogP contribution in [0.2, 0.25) is 5.02 Å². The SMILES string of the molecule is Cc1cc(N)cc(Nc2ccc(Cl)c(Br)c2)c1. The third-order valence-electron chi connectivity index (χ3n) is 2.31. The van der Waals surface area contributed by atoms with Gasteiger partial charge in [-0.3, -0.25) is 0 Å². The van der Waals surface area contributed by atoms with Crippen molar-refractivity contribution in [1.82, 2.24) is 0 Å². The number of aryl methyl sites for hydroxylation is 1. The van der Waals surface area contributed by atoms with E-state index in [1.54, 1.807) is 0 Å². The Balaban J connectivity index is 2.28. The molecule has 2 rings (SSSR count). The highest BCUT2D eigenvalue weighted by Gasteiger charge is 2.00. The molecule has 0 unspecified atom stereocenters. The Morgan fingerprint density at radius 2 is 1.88 bits per heavy atom. The molecule has 4 heteroatoms. The van der Waals surface area contributed by atoms with Gasteiger partial charge in [-0.25, -0.2) is 0 Å². The molecule has 0 amide bonds. The Morgan fingerprint density at radius 1 is 1.12 bits per heavy atom. The number of rotatable bonds is 2. The molecule has 0 aliphatic heterocycles. The van der Waals surface area contributed by atoms with E-state index in [-0.39, 0.29) is 0 Å². The van der Waals surface area contributed by atoms with Crippen molar-refractivity contribution in [2.24, 2.45) is 0 Å². The van der Waals surface area contributed by atoms with E-state index in [2.05, 4.69) is 21.2 Å². The molecule has 0 saturated carbocycles. The van der Waals surface area contributed by atoms with E-state index in [0.29, 0.717) is 5.02 Å². The van der Waals surface area contributed by atoms with Crippen LogP contribution in [0.1, 0.15) is 5.56 Å². The summed E-state index contributed by atoms with van der Waals surface area (Å²) in [4.78, 5) is 0. The lowest BCUT2D eigenvalue weighted by Gasteiger charge is -2.09. The average Bonchev–Trinajstić information content (AvgIpc) is 2.22. The van der Waals surface area contributed by atoms with Crippen LogP contribution < -0.4 is 11.1 Å². The molecule has 0 aromatic heterocycles. The van der Waals surface area contributed by atoms with Gasteiger partial charge in [0.05, 0.1) is 5.02 Å². The summed E-state index contributed by atoms with van der Waals surface area (Å²) in [7, 11) is 0. The topological polar surface area (TPSA) is 38.0 Å². The molecular formula is C13H12BrClN2. The second kappa shape index (κ2) is 4.98. The Hall–Kier alpha value is -1.19. The van der Waals surface area contributed by atoms with Crippen LogP contribution in [0.15, 0.2) is 40.9 Å². The van der Waals surface area contributed by atoms with E-state index < -0.39 is 0 Å².